The van der Waals surface area contributed by atoms with E-state index in [1.54, 1.807) is 6.92 Å². The van der Waals surface area contributed by atoms with Crippen molar-refractivity contribution in [2.45, 2.75) is 38.8 Å². The Morgan fingerprint density at radius 3 is 2.77 bits per heavy atom. The monoisotopic (exact) mass is 308 g/mol. The van der Waals surface area contributed by atoms with Gasteiger partial charge < -0.3 is 19.7 Å². The van der Waals surface area contributed by atoms with Crippen LogP contribution >= 0.6 is 0 Å². The molecule has 1 aliphatic heterocycles. The molecule has 0 aliphatic carbocycles. The molecule has 0 radical (unpaired) electrons. The number of hydrogen-bond donors (Lipinski definition) is 2. The minimum atomic E-state index is -1.01. The fourth-order valence-electron chi connectivity index (χ4n) is 2.62. The lowest BCUT2D eigenvalue weighted by Crippen LogP contribution is -2.55. The largest absolute Gasteiger partial charge is 0.480 e. The highest BCUT2D eigenvalue weighted by Crippen LogP contribution is 2.23. The Balaban J connectivity index is 2.02. The smallest absolute Gasteiger partial charge is 0.326 e. The summed E-state index contributed by atoms with van der Waals surface area (Å²) in [7, 11) is 0. The number of rotatable bonds is 4. The first-order chi connectivity index (χ1) is 10.4. The van der Waals surface area contributed by atoms with Crippen LogP contribution in [0, 0.1) is 5.92 Å². The van der Waals surface area contributed by atoms with E-state index < -0.39 is 24.0 Å². The zero-order valence-corrected chi connectivity index (χ0v) is 12.6. The molecule has 1 aromatic rings. The second kappa shape index (κ2) is 6.64. The van der Waals surface area contributed by atoms with Crippen LogP contribution in [0.5, 0.6) is 0 Å². The van der Waals surface area contributed by atoms with Crippen LogP contribution in [0.15, 0.2) is 23.0 Å². The molecule has 7 heteroatoms. The maximum Gasteiger partial charge on any atom is 0.326 e. The van der Waals surface area contributed by atoms with Crippen molar-refractivity contribution in [2.24, 2.45) is 5.92 Å². The standard InChI is InChI=1S/C15H20N2O5/c1-9-3-5-17(12(7-9)15(20)21)14(19)10(2)16-13(18)11-4-6-22-8-11/h4,6,8-10,12H,3,5,7H2,1-2H3,(H,16,18)(H,20,21). The first kappa shape index (κ1) is 16.1. The summed E-state index contributed by atoms with van der Waals surface area (Å²) in [6.07, 6.45) is 3.85. The molecule has 1 aromatic heterocycles. The highest BCUT2D eigenvalue weighted by atomic mass is 16.4. The van der Waals surface area contributed by atoms with E-state index in [4.69, 9.17) is 4.42 Å². The van der Waals surface area contributed by atoms with Crippen molar-refractivity contribution in [2.75, 3.05) is 6.54 Å². The average molecular weight is 308 g/mol. The number of carboxylic acids is 1. The Kier molecular flexibility index (Phi) is 4.85. The molecule has 1 saturated heterocycles. The highest BCUT2D eigenvalue weighted by molar-refractivity contribution is 5.97. The first-order valence-corrected chi connectivity index (χ1v) is 7.26. The third-order valence-electron chi connectivity index (χ3n) is 3.93. The Bertz CT molecular complexity index is 554. The van der Waals surface area contributed by atoms with E-state index in [0.29, 0.717) is 18.5 Å². The SMILES string of the molecule is CC1CCN(C(=O)C(C)NC(=O)c2ccoc2)C(C(=O)O)C1. The van der Waals surface area contributed by atoms with E-state index in [9.17, 15) is 19.5 Å². The zero-order valence-electron chi connectivity index (χ0n) is 12.6. The van der Waals surface area contributed by atoms with Crippen LogP contribution in [-0.2, 0) is 9.59 Å². The van der Waals surface area contributed by atoms with E-state index >= 15 is 0 Å². The van der Waals surface area contributed by atoms with Gasteiger partial charge in [0, 0.05) is 6.54 Å². The molecule has 2 N–H and O–H groups in total. The molecule has 3 unspecified atom stereocenters. The van der Waals surface area contributed by atoms with Gasteiger partial charge in [0.05, 0.1) is 11.8 Å². The van der Waals surface area contributed by atoms with Gasteiger partial charge in [-0.2, -0.15) is 0 Å². The third kappa shape index (κ3) is 3.47. The molecule has 7 nitrogen and oxygen atoms in total. The summed E-state index contributed by atoms with van der Waals surface area (Å²) in [6, 6.07) is -0.128. The molecule has 0 spiro atoms. The van der Waals surface area contributed by atoms with Crippen molar-refractivity contribution in [1.82, 2.24) is 10.2 Å². The fraction of sp³-hybridized carbons (Fsp3) is 0.533. The molecule has 0 saturated carbocycles. The van der Waals surface area contributed by atoms with Gasteiger partial charge in [0.25, 0.3) is 5.91 Å². The molecular weight excluding hydrogens is 288 g/mol. The van der Waals surface area contributed by atoms with E-state index in [2.05, 4.69) is 5.32 Å². The maximum absolute atomic E-state index is 12.4. The van der Waals surface area contributed by atoms with Crippen LogP contribution in [0.25, 0.3) is 0 Å². The van der Waals surface area contributed by atoms with Crippen molar-refractivity contribution in [3.63, 3.8) is 0 Å². The lowest BCUT2D eigenvalue weighted by atomic mass is 9.92. The minimum Gasteiger partial charge on any atom is -0.480 e. The van der Waals surface area contributed by atoms with Gasteiger partial charge in [0.2, 0.25) is 5.91 Å². The van der Waals surface area contributed by atoms with Gasteiger partial charge in [0.15, 0.2) is 0 Å². The Morgan fingerprint density at radius 1 is 1.45 bits per heavy atom. The van der Waals surface area contributed by atoms with Crippen molar-refractivity contribution >= 4 is 17.8 Å². The fourth-order valence-corrected chi connectivity index (χ4v) is 2.62. The number of hydrogen-bond acceptors (Lipinski definition) is 4. The van der Waals surface area contributed by atoms with Gasteiger partial charge in [-0.25, -0.2) is 4.79 Å². The van der Waals surface area contributed by atoms with Gasteiger partial charge in [-0.3, -0.25) is 9.59 Å². The topological polar surface area (TPSA) is 99.9 Å². The molecule has 2 amide bonds. The molecular formula is C15H20N2O5. The lowest BCUT2D eigenvalue weighted by molar-refractivity contribution is -0.153. The predicted molar refractivity (Wildman–Crippen MR) is 77.2 cm³/mol. The molecule has 1 aliphatic rings. The molecule has 120 valence electrons. The van der Waals surface area contributed by atoms with Gasteiger partial charge in [0.1, 0.15) is 18.3 Å². The number of piperidine rings is 1. The number of carbonyl (C=O) groups excluding carboxylic acids is 2. The summed E-state index contributed by atoms with van der Waals surface area (Å²) in [6.45, 7) is 3.92. The third-order valence-corrected chi connectivity index (χ3v) is 3.93. The maximum atomic E-state index is 12.4. The van der Waals surface area contributed by atoms with Crippen molar-refractivity contribution < 1.29 is 23.9 Å². The summed E-state index contributed by atoms with van der Waals surface area (Å²) < 4.78 is 4.82. The van der Waals surface area contributed by atoms with Crippen molar-refractivity contribution in [3.05, 3.63) is 24.2 Å². The van der Waals surface area contributed by atoms with Crippen LogP contribution in [-0.4, -0.2) is 46.4 Å². The number of nitrogens with zero attached hydrogens (tertiary/aromatic N) is 1. The van der Waals surface area contributed by atoms with Gasteiger partial charge in [-0.1, -0.05) is 6.92 Å². The van der Waals surface area contributed by atoms with Crippen molar-refractivity contribution in [1.29, 1.82) is 0 Å². The van der Waals surface area contributed by atoms with E-state index in [0.717, 1.165) is 6.42 Å². The minimum absolute atomic E-state index is 0.265. The number of likely N-dealkylation sites (tertiary alicyclic amines) is 1. The van der Waals surface area contributed by atoms with Crippen LogP contribution < -0.4 is 5.32 Å². The number of carbonyl (C=O) groups is 3. The lowest BCUT2D eigenvalue weighted by Gasteiger charge is -2.37. The molecule has 2 heterocycles. The zero-order chi connectivity index (χ0) is 16.3. The van der Waals surface area contributed by atoms with Crippen LogP contribution in [0.1, 0.15) is 37.0 Å². The Morgan fingerprint density at radius 2 is 2.18 bits per heavy atom. The average Bonchev–Trinajstić information content (AvgIpc) is 3.00. The summed E-state index contributed by atoms with van der Waals surface area (Å²) in [5, 5.41) is 11.9. The van der Waals surface area contributed by atoms with Gasteiger partial charge in [-0.15, -0.1) is 0 Å². The van der Waals surface area contributed by atoms with E-state index in [1.807, 2.05) is 6.92 Å². The van der Waals surface area contributed by atoms with Crippen LogP contribution in [0.4, 0.5) is 0 Å². The molecule has 3 atom stereocenters. The van der Waals surface area contributed by atoms with Gasteiger partial charge >= 0.3 is 5.97 Å². The number of carboxylic acid groups (broad SMARTS) is 1. The first-order valence-electron chi connectivity index (χ1n) is 7.26. The van der Waals surface area contributed by atoms with Crippen LogP contribution in [0.3, 0.4) is 0 Å². The molecule has 0 bridgehead atoms. The number of amides is 2. The highest BCUT2D eigenvalue weighted by Gasteiger charge is 2.36. The summed E-state index contributed by atoms with van der Waals surface area (Å²) in [4.78, 5) is 37.1. The molecule has 1 fully saturated rings. The number of furan rings is 1. The number of aliphatic carboxylic acids is 1. The summed E-state index contributed by atoms with van der Waals surface area (Å²) >= 11 is 0. The number of nitrogens with one attached hydrogen (secondary N) is 1. The van der Waals surface area contributed by atoms with Gasteiger partial charge in [-0.05, 0) is 31.7 Å². The predicted octanol–water partition coefficient (Wildman–Crippen LogP) is 1.11. The summed E-state index contributed by atoms with van der Waals surface area (Å²) in [5.41, 5.74) is 0.321. The van der Waals surface area contributed by atoms with E-state index in [-0.39, 0.29) is 11.8 Å². The second-order valence-corrected chi connectivity index (χ2v) is 5.72. The Hall–Kier alpha value is -2.31. The molecule has 0 aromatic carbocycles. The molecule has 22 heavy (non-hydrogen) atoms. The van der Waals surface area contributed by atoms with E-state index in [1.165, 1.54) is 23.5 Å². The van der Waals surface area contributed by atoms with Crippen LogP contribution in [0.2, 0.25) is 0 Å². The quantitative estimate of drug-likeness (QED) is 0.868. The molecule has 2 rings (SSSR count). The normalized spacial score (nSPS) is 22.9. The Labute approximate surface area is 128 Å². The second-order valence-electron chi connectivity index (χ2n) is 5.72. The summed E-state index contributed by atoms with van der Waals surface area (Å²) in [5.74, 6) is -1.54. The van der Waals surface area contributed by atoms with Crippen molar-refractivity contribution in [3.8, 4) is 0 Å².